The third-order valence-electron chi connectivity index (χ3n) is 4.28. The van der Waals surface area contributed by atoms with Crippen LogP contribution < -0.4 is 17.2 Å². The first-order chi connectivity index (χ1) is 12.8. The molecule has 7 heteroatoms. The summed E-state index contributed by atoms with van der Waals surface area (Å²) in [6.45, 7) is 1.93. The lowest BCUT2D eigenvalue weighted by Gasteiger charge is -2.15. The van der Waals surface area contributed by atoms with Gasteiger partial charge < -0.3 is 17.2 Å². The first-order valence-corrected chi connectivity index (χ1v) is 8.79. The first-order valence-electron chi connectivity index (χ1n) is 8.41. The van der Waals surface area contributed by atoms with E-state index in [4.69, 9.17) is 28.8 Å². The average molecular weight is 382 g/mol. The molecule has 0 radical (unpaired) electrons. The molecule has 0 fully saturated rings. The highest BCUT2D eigenvalue weighted by Gasteiger charge is 2.16. The Balaban J connectivity index is 2.14. The maximum Gasteiger partial charge on any atom is 0.217 e. The SMILES string of the molecule is Cc1cc(N)nc(CCC(N)=O)c1-c1cc(-c2ccc(Cl)cc2)cnc1N. The minimum absolute atomic E-state index is 0.174. The number of carbonyl (C=O) groups is 1. The van der Waals surface area contributed by atoms with Gasteiger partial charge in [0.25, 0.3) is 0 Å². The van der Waals surface area contributed by atoms with Crippen LogP contribution in [-0.2, 0) is 11.2 Å². The lowest BCUT2D eigenvalue weighted by molar-refractivity contribution is -0.118. The number of primary amides is 1. The highest BCUT2D eigenvalue weighted by atomic mass is 35.5. The van der Waals surface area contributed by atoms with E-state index in [-0.39, 0.29) is 6.42 Å². The van der Waals surface area contributed by atoms with Crippen LogP contribution in [0.4, 0.5) is 11.6 Å². The number of nitrogen functional groups attached to an aromatic ring is 2. The van der Waals surface area contributed by atoms with Crippen molar-refractivity contribution in [3.8, 4) is 22.3 Å². The number of pyridine rings is 2. The fraction of sp³-hybridized carbons (Fsp3) is 0.150. The van der Waals surface area contributed by atoms with Gasteiger partial charge in [-0.2, -0.15) is 0 Å². The van der Waals surface area contributed by atoms with Crippen molar-refractivity contribution in [1.82, 2.24) is 9.97 Å². The van der Waals surface area contributed by atoms with E-state index in [1.165, 1.54) is 0 Å². The third-order valence-corrected chi connectivity index (χ3v) is 4.54. The molecule has 6 nitrogen and oxygen atoms in total. The van der Waals surface area contributed by atoms with Crippen LogP contribution in [-0.4, -0.2) is 15.9 Å². The minimum atomic E-state index is -0.399. The van der Waals surface area contributed by atoms with Crippen molar-refractivity contribution in [2.75, 3.05) is 11.5 Å². The molecule has 3 aromatic rings. The third kappa shape index (κ3) is 4.17. The highest BCUT2D eigenvalue weighted by Crippen LogP contribution is 2.35. The second-order valence-electron chi connectivity index (χ2n) is 6.32. The molecule has 1 aromatic carbocycles. The van der Waals surface area contributed by atoms with Crippen LogP contribution in [0, 0.1) is 6.92 Å². The molecule has 0 atom stereocenters. The molecule has 27 heavy (non-hydrogen) atoms. The van der Waals surface area contributed by atoms with Crippen LogP contribution in [0.3, 0.4) is 0 Å². The van der Waals surface area contributed by atoms with Gasteiger partial charge in [-0.05, 0) is 48.7 Å². The molecule has 0 aliphatic carbocycles. The van der Waals surface area contributed by atoms with Crippen molar-refractivity contribution < 1.29 is 4.79 Å². The number of halogens is 1. The predicted molar refractivity (Wildman–Crippen MR) is 109 cm³/mol. The number of benzene rings is 1. The molecule has 3 rings (SSSR count). The van der Waals surface area contributed by atoms with Crippen molar-refractivity contribution in [3.05, 3.63) is 58.9 Å². The smallest absolute Gasteiger partial charge is 0.217 e. The van der Waals surface area contributed by atoms with Gasteiger partial charge >= 0.3 is 0 Å². The predicted octanol–water partition coefficient (Wildman–Crippen LogP) is 3.35. The molecular formula is C20H20ClN5O. The van der Waals surface area contributed by atoms with Crippen molar-refractivity contribution in [1.29, 1.82) is 0 Å². The van der Waals surface area contributed by atoms with Gasteiger partial charge in [0.2, 0.25) is 5.91 Å². The molecular weight excluding hydrogens is 362 g/mol. The number of aromatic nitrogens is 2. The normalized spacial score (nSPS) is 10.7. The molecule has 0 unspecified atom stereocenters. The number of hydrogen-bond acceptors (Lipinski definition) is 5. The van der Waals surface area contributed by atoms with Crippen molar-refractivity contribution in [3.63, 3.8) is 0 Å². The van der Waals surface area contributed by atoms with Gasteiger partial charge in [0.05, 0.1) is 5.69 Å². The average Bonchev–Trinajstić information content (AvgIpc) is 2.61. The van der Waals surface area contributed by atoms with Crippen LogP contribution in [0.25, 0.3) is 22.3 Å². The maximum absolute atomic E-state index is 11.2. The summed E-state index contributed by atoms with van der Waals surface area (Å²) in [5.41, 5.74) is 22.4. The van der Waals surface area contributed by atoms with E-state index >= 15 is 0 Å². The molecule has 0 bridgehead atoms. The van der Waals surface area contributed by atoms with E-state index in [0.717, 1.165) is 27.8 Å². The van der Waals surface area contributed by atoms with Gasteiger partial charge in [-0.15, -0.1) is 0 Å². The van der Waals surface area contributed by atoms with Crippen molar-refractivity contribution in [2.45, 2.75) is 19.8 Å². The monoisotopic (exact) mass is 381 g/mol. The van der Waals surface area contributed by atoms with Crippen molar-refractivity contribution >= 4 is 29.1 Å². The minimum Gasteiger partial charge on any atom is -0.384 e. The van der Waals surface area contributed by atoms with E-state index in [2.05, 4.69) is 9.97 Å². The molecule has 0 aliphatic rings. The van der Waals surface area contributed by atoms with Gasteiger partial charge in [0, 0.05) is 34.3 Å². The highest BCUT2D eigenvalue weighted by molar-refractivity contribution is 6.30. The molecule has 1 amide bonds. The largest absolute Gasteiger partial charge is 0.384 e. The maximum atomic E-state index is 11.2. The zero-order valence-corrected chi connectivity index (χ0v) is 15.6. The molecule has 2 aromatic heterocycles. The van der Waals surface area contributed by atoms with Crippen LogP contribution in [0.15, 0.2) is 42.6 Å². The summed E-state index contributed by atoms with van der Waals surface area (Å²) in [5, 5.41) is 0.662. The van der Waals surface area contributed by atoms with E-state index in [0.29, 0.717) is 28.8 Å². The molecule has 0 spiro atoms. The number of anilines is 2. The van der Waals surface area contributed by atoms with E-state index in [1.807, 2.05) is 37.3 Å². The Hall–Kier alpha value is -3.12. The zero-order valence-electron chi connectivity index (χ0n) is 14.9. The van der Waals surface area contributed by atoms with Crippen LogP contribution in [0.5, 0.6) is 0 Å². The molecule has 0 saturated heterocycles. The van der Waals surface area contributed by atoms with Crippen LogP contribution >= 0.6 is 11.6 Å². The van der Waals surface area contributed by atoms with Crippen molar-refractivity contribution in [2.24, 2.45) is 5.73 Å². The van der Waals surface area contributed by atoms with Gasteiger partial charge in [-0.25, -0.2) is 9.97 Å². The van der Waals surface area contributed by atoms with Gasteiger partial charge in [0.15, 0.2) is 0 Å². The second-order valence-corrected chi connectivity index (χ2v) is 6.75. The summed E-state index contributed by atoms with van der Waals surface area (Å²) in [6, 6.07) is 11.2. The zero-order chi connectivity index (χ0) is 19.6. The second kappa shape index (κ2) is 7.63. The number of nitrogens with zero attached hydrogens (tertiary/aromatic N) is 2. The topological polar surface area (TPSA) is 121 Å². The molecule has 138 valence electrons. The number of rotatable bonds is 5. The number of hydrogen-bond donors (Lipinski definition) is 3. The van der Waals surface area contributed by atoms with Gasteiger partial charge in [0.1, 0.15) is 11.6 Å². The summed E-state index contributed by atoms with van der Waals surface area (Å²) < 4.78 is 0. The summed E-state index contributed by atoms with van der Waals surface area (Å²) in [4.78, 5) is 20.0. The molecule has 6 N–H and O–H groups in total. The van der Waals surface area contributed by atoms with Gasteiger partial charge in [-0.3, -0.25) is 4.79 Å². The Morgan fingerprint density at radius 2 is 1.81 bits per heavy atom. The summed E-state index contributed by atoms with van der Waals surface area (Å²) in [5.74, 6) is 0.364. The summed E-state index contributed by atoms with van der Waals surface area (Å²) >= 11 is 5.97. The standard InChI is InChI=1S/C20H20ClN5O/c1-11-8-17(22)26-16(6-7-18(23)27)19(11)15-9-13(10-25-20(15)24)12-2-4-14(21)5-3-12/h2-5,8-10H,6-7H2,1H3,(H2,22,26)(H2,23,27)(H2,24,25). The quantitative estimate of drug-likeness (QED) is 0.625. The first kappa shape index (κ1) is 18.7. The number of nitrogens with two attached hydrogens (primary N) is 3. The Bertz CT molecular complexity index is 1000. The molecule has 0 aliphatic heterocycles. The fourth-order valence-electron chi connectivity index (χ4n) is 3.03. The lowest BCUT2D eigenvalue weighted by atomic mass is 9.94. The van der Waals surface area contributed by atoms with Crippen LogP contribution in [0.1, 0.15) is 17.7 Å². The van der Waals surface area contributed by atoms with E-state index in [1.54, 1.807) is 12.3 Å². The molecule has 0 saturated carbocycles. The Labute approximate surface area is 162 Å². The fourth-order valence-corrected chi connectivity index (χ4v) is 3.16. The number of carbonyl (C=O) groups excluding carboxylic acids is 1. The summed E-state index contributed by atoms with van der Waals surface area (Å²) in [6.07, 6.45) is 2.26. The number of amides is 1. The van der Waals surface area contributed by atoms with Gasteiger partial charge in [-0.1, -0.05) is 23.7 Å². The Kier molecular flexibility index (Phi) is 5.28. The summed E-state index contributed by atoms with van der Waals surface area (Å²) in [7, 11) is 0. The Morgan fingerprint density at radius 3 is 2.48 bits per heavy atom. The van der Waals surface area contributed by atoms with E-state index < -0.39 is 5.91 Å². The number of aryl methyl sites for hydroxylation is 2. The van der Waals surface area contributed by atoms with Crippen LogP contribution in [0.2, 0.25) is 5.02 Å². The molecule has 2 heterocycles. The Morgan fingerprint density at radius 1 is 1.11 bits per heavy atom. The van der Waals surface area contributed by atoms with E-state index in [9.17, 15) is 4.79 Å². The lowest BCUT2D eigenvalue weighted by Crippen LogP contribution is -2.13.